The van der Waals surface area contributed by atoms with E-state index in [0.29, 0.717) is 32.8 Å². The number of nitrogens with zero attached hydrogens (tertiary/aromatic N) is 4. The van der Waals surface area contributed by atoms with Crippen molar-refractivity contribution in [3.63, 3.8) is 0 Å². The van der Waals surface area contributed by atoms with Crippen molar-refractivity contribution in [2.75, 3.05) is 0 Å². The number of hydrogen-bond donors (Lipinski definition) is 0. The first-order valence-corrected chi connectivity index (χ1v) is 10.8. The van der Waals surface area contributed by atoms with Crippen LogP contribution >= 0.6 is 11.6 Å². The van der Waals surface area contributed by atoms with Crippen molar-refractivity contribution >= 4 is 17.2 Å². The highest BCUT2D eigenvalue weighted by Gasteiger charge is 2.30. The van der Waals surface area contributed by atoms with Gasteiger partial charge in [0.1, 0.15) is 5.82 Å². The van der Waals surface area contributed by atoms with E-state index in [2.05, 4.69) is 10.2 Å². The first-order valence-electron chi connectivity index (χ1n) is 10.4. The lowest BCUT2D eigenvalue weighted by molar-refractivity contribution is -0.137. The number of hydrogen-bond acceptors (Lipinski definition) is 3. The van der Waals surface area contributed by atoms with Gasteiger partial charge in [-0.05, 0) is 53.1 Å². The van der Waals surface area contributed by atoms with Crippen LogP contribution in [-0.4, -0.2) is 19.4 Å². The maximum absolute atomic E-state index is 13.5. The van der Waals surface area contributed by atoms with Crippen molar-refractivity contribution in [2.24, 2.45) is 0 Å². The third kappa shape index (κ3) is 4.42. The number of aromatic nitrogens is 4. The second kappa shape index (κ2) is 8.66. The Morgan fingerprint density at radius 2 is 1.49 bits per heavy atom. The number of fused-ring (bicyclic) bond motifs is 1. The van der Waals surface area contributed by atoms with Crippen molar-refractivity contribution in [3.05, 3.63) is 111 Å². The van der Waals surface area contributed by atoms with Crippen LogP contribution in [0.3, 0.4) is 0 Å². The highest BCUT2D eigenvalue weighted by molar-refractivity contribution is 6.30. The molecule has 2 heterocycles. The summed E-state index contributed by atoms with van der Waals surface area (Å²) in [5.74, 6) is -0.395. The number of alkyl halides is 3. The van der Waals surface area contributed by atoms with Gasteiger partial charge in [-0.1, -0.05) is 48.0 Å². The van der Waals surface area contributed by atoms with Crippen molar-refractivity contribution in [1.82, 2.24) is 19.4 Å². The molecule has 0 fully saturated rings. The molecule has 2 aromatic heterocycles. The zero-order valence-electron chi connectivity index (χ0n) is 17.8. The Labute approximate surface area is 200 Å². The van der Waals surface area contributed by atoms with Crippen molar-refractivity contribution in [1.29, 1.82) is 0 Å². The number of benzene rings is 3. The predicted molar refractivity (Wildman–Crippen MR) is 124 cm³/mol. The summed E-state index contributed by atoms with van der Waals surface area (Å²) < 4.78 is 54.4. The van der Waals surface area contributed by atoms with Gasteiger partial charge in [0.25, 0.3) is 0 Å². The Balaban J connectivity index is 1.66. The van der Waals surface area contributed by atoms with E-state index in [9.17, 15) is 22.4 Å². The summed E-state index contributed by atoms with van der Waals surface area (Å²) in [6.45, 7) is -0.0493. The van der Waals surface area contributed by atoms with E-state index in [1.54, 1.807) is 36.4 Å². The average molecular weight is 499 g/mol. The lowest BCUT2D eigenvalue weighted by atomic mass is 9.97. The van der Waals surface area contributed by atoms with Gasteiger partial charge in [0, 0.05) is 16.1 Å². The Morgan fingerprint density at radius 3 is 2.11 bits per heavy atom. The molecule has 0 spiro atoms. The van der Waals surface area contributed by atoms with Crippen molar-refractivity contribution < 1.29 is 17.6 Å². The molecule has 0 unspecified atom stereocenters. The molecule has 5 nitrogen and oxygen atoms in total. The summed E-state index contributed by atoms with van der Waals surface area (Å²) in [4.78, 5) is 13.0. The number of rotatable bonds is 4. The molecule has 0 aliphatic heterocycles. The van der Waals surface area contributed by atoms with Crippen molar-refractivity contribution in [2.45, 2.75) is 12.7 Å². The smallest absolute Gasteiger partial charge is 0.244 e. The quantitative estimate of drug-likeness (QED) is 0.282. The van der Waals surface area contributed by atoms with Gasteiger partial charge in [0.15, 0.2) is 5.65 Å². The topological polar surface area (TPSA) is 52.2 Å². The van der Waals surface area contributed by atoms with E-state index in [0.717, 1.165) is 21.3 Å². The average Bonchev–Trinajstić information content (AvgIpc) is 3.14. The molecule has 5 rings (SSSR count). The zero-order chi connectivity index (χ0) is 24.7. The Kier molecular flexibility index (Phi) is 5.64. The predicted octanol–water partition coefficient (Wildman–Crippen LogP) is 6.08. The first-order chi connectivity index (χ1) is 16.7. The second-order valence-electron chi connectivity index (χ2n) is 7.82. The lowest BCUT2D eigenvalue weighted by Crippen LogP contribution is -2.23. The zero-order valence-corrected chi connectivity index (χ0v) is 18.6. The Bertz CT molecular complexity index is 1570. The van der Waals surface area contributed by atoms with E-state index < -0.39 is 23.2 Å². The minimum atomic E-state index is -4.45. The van der Waals surface area contributed by atoms with E-state index in [-0.39, 0.29) is 12.2 Å². The van der Waals surface area contributed by atoms with Crippen LogP contribution < -0.4 is 5.69 Å². The minimum absolute atomic E-state index is 0.0493. The van der Waals surface area contributed by atoms with Gasteiger partial charge in [0.05, 0.1) is 18.3 Å². The molecule has 0 N–H and O–H groups in total. The normalized spacial score (nSPS) is 11.8. The second-order valence-corrected chi connectivity index (χ2v) is 8.25. The third-order valence-corrected chi connectivity index (χ3v) is 5.77. The van der Waals surface area contributed by atoms with Crippen molar-refractivity contribution in [3.8, 4) is 22.3 Å². The standard InChI is InChI=1S/C25H15ClF4N4O/c26-19-9-3-17(4-10-19)22-21(16-5-11-20(27)12-6-16)13-31-34-23(22)32-33(24(34)35)14-15-1-7-18(8-2-15)25(28,29)30/h1-13H,14H2. The summed E-state index contributed by atoms with van der Waals surface area (Å²) in [5, 5.41) is 9.22. The molecule has 0 aliphatic rings. The van der Waals surface area contributed by atoms with Gasteiger partial charge < -0.3 is 0 Å². The fraction of sp³-hybridized carbons (Fsp3) is 0.0800. The minimum Gasteiger partial charge on any atom is -0.244 e. The molecule has 0 aliphatic carbocycles. The molecular formula is C25H15ClF4N4O. The highest BCUT2D eigenvalue weighted by atomic mass is 35.5. The lowest BCUT2D eigenvalue weighted by Gasteiger charge is -2.10. The van der Waals surface area contributed by atoms with Crippen LogP contribution in [0.2, 0.25) is 5.02 Å². The van der Waals surface area contributed by atoms with Gasteiger partial charge in [-0.2, -0.15) is 22.8 Å². The highest BCUT2D eigenvalue weighted by Crippen LogP contribution is 2.34. The van der Waals surface area contributed by atoms with Gasteiger partial charge in [-0.3, -0.25) is 0 Å². The summed E-state index contributed by atoms with van der Waals surface area (Å²) in [6, 6.07) is 17.3. The molecule has 3 aromatic carbocycles. The summed E-state index contributed by atoms with van der Waals surface area (Å²) >= 11 is 6.05. The molecule has 10 heteroatoms. The summed E-state index contributed by atoms with van der Waals surface area (Å²) in [5.41, 5.74) is 1.93. The van der Waals surface area contributed by atoms with Gasteiger partial charge in [0.2, 0.25) is 0 Å². The van der Waals surface area contributed by atoms with Crippen LogP contribution in [0.4, 0.5) is 17.6 Å². The Hall–Kier alpha value is -3.98. The van der Waals surface area contributed by atoms with Crippen LogP contribution in [-0.2, 0) is 12.7 Å². The van der Waals surface area contributed by atoms with E-state index in [1.807, 2.05) is 0 Å². The molecular weight excluding hydrogens is 484 g/mol. The van der Waals surface area contributed by atoms with Gasteiger partial charge in [-0.15, -0.1) is 5.10 Å². The fourth-order valence-corrected chi connectivity index (χ4v) is 3.91. The molecule has 0 saturated carbocycles. The molecule has 0 atom stereocenters. The molecule has 5 aromatic rings. The molecule has 0 bridgehead atoms. The van der Waals surface area contributed by atoms with Gasteiger partial charge in [-0.25, -0.2) is 13.9 Å². The third-order valence-electron chi connectivity index (χ3n) is 5.52. The molecule has 35 heavy (non-hydrogen) atoms. The Morgan fingerprint density at radius 1 is 0.857 bits per heavy atom. The van der Waals surface area contributed by atoms with E-state index in [4.69, 9.17) is 11.6 Å². The summed E-state index contributed by atoms with van der Waals surface area (Å²) in [7, 11) is 0. The largest absolute Gasteiger partial charge is 0.416 e. The van der Waals surface area contributed by atoms with Gasteiger partial charge >= 0.3 is 11.9 Å². The van der Waals surface area contributed by atoms with E-state index in [1.165, 1.54) is 30.5 Å². The van der Waals surface area contributed by atoms with Crippen LogP contribution in [0, 0.1) is 5.82 Å². The SMILES string of the molecule is O=c1n(Cc2ccc(C(F)(F)F)cc2)nc2c(-c3ccc(Cl)cc3)c(-c3ccc(F)cc3)cnn12. The first kappa shape index (κ1) is 22.8. The van der Waals surface area contributed by atoms with Crippen LogP contribution in [0.1, 0.15) is 11.1 Å². The maximum atomic E-state index is 13.5. The van der Waals surface area contributed by atoms with Crippen LogP contribution in [0.5, 0.6) is 0 Å². The monoisotopic (exact) mass is 498 g/mol. The fourth-order valence-electron chi connectivity index (χ4n) is 3.78. The molecule has 0 radical (unpaired) electrons. The van der Waals surface area contributed by atoms with Crippen LogP contribution in [0.15, 0.2) is 83.8 Å². The summed E-state index contributed by atoms with van der Waals surface area (Å²) in [6.07, 6.45) is -2.96. The van der Waals surface area contributed by atoms with E-state index >= 15 is 0 Å². The molecule has 0 amide bonds. The number of halogens is 5. The maximum Gasteiger partial charge on any atom is 0.416 e. The molecule has 176 valence electrons. The van der Waals surface area contributed by atoms with Crippen LogP contribution in [0.25, 0.3) is 27.9 Å². The molecule has 0 saturated heterocycles.